The Morgan fingerprint density at radius 2 is 2.04 bits per heavy atom. The number of Topliss-reactive ketones (excluding diaryl/α,β-unsaturated/α-hetero) is 1. The fourth-order valence-corrected chi connectivity index (χ4v) is 3.44. The predicted molar refractivity (Wildman–Crippen MR) is 101 cm³/mol. The molecule has 1 amide bonds. The van der Waals surface area contributed by atoms with Crippen LogP contribution >= 0.6 is 11.8 Å². The van der Waals surface area contributed by atoms with Gasteiger partial charge in [-0.3, -0.25) is 14.0 Å². The first kappa shape index (κ1) is 16.3. The maximum Gasteiger partial charge on any atom is 0.234 e. The number of carbonyl (C=O) groups excluding carboxylic acids is 2. The van der Waals surface area contributed by atoms with Crippen molar-refractivity contribution in [3.63, 3.8) is 0 Å². The van der Waals surface area contributed by atoms with E-state index in [9.17, 15) is 9.59 Å². The van der Waals surface area contributed by atoms with Gasteiger partial charge in [0.25, 0.3) is 0 Å². The Bertz CT molecular complexity index is 1130. The number of amides is 1. The monoisotopic (exact) mass is 365 g/mol. The lowest BCUT2D eigenvalue weighted by molar-refractivity contribution is -0.113. The highest BCUT2D eigenvalue weighted by Gasteiger charge is 2.13. The van der Waals surface area contributed by atoms with Gasteiger partial charge in [-0.05, 0) is 31.2 Å². The van der Waals surface area contributed by atoms with Gasteiger partial charge >= 0.3 is 0 Å². The van der Waals surface area contributed by atoms with E-state index in [0.717, 1.165) is 11.0 Å². The molecule has 0 aliphatic rings. The van der Waals surface area contributed by atoms with Gasteiger partial charge in [0.05, 0.1) is 16.8 Å². The molecule has 2 aromatic carbocycles. The third kappa shape index (κ3) is 3.06. The third-order valence-corrected chi connectivity index (χ3v) is 4.83. The van der Waals surface area contributed by atoms with Crippen LogP contribution in [0.1, 0.15) is 17.3 Å². The smallest absolute Gasteiger partial charge is 0.234 e. The minimum absolute atomic E-state index is 0.0404. The van der Waals surface area contributed by atoms with Crippen molar-refractivity contribution in [2.75, 3.05) is 11.1 Å². The zero-order chi connectivity index (χ0) is 18.1. The van der Waals surface area contributed by atoms with Crippen LogP contribution in [0, 0.1) is 0 Å². The Morgan fingerprint density at radius 1 is 1.19 bits per heavy atom. The maximum atomic E-state index is 12.2. The molecule has 0 radical (unpaired) electrons. The van der Waals surface area contributed by atoms with Crippen molar-refractivity contribution in [2.24, 2.45) is 0 Å². The standard InChI is InChI=1S/C18H15N5O2S/c1-11(24)12-5-4-6-13(9-12)19-16(25)10-26-18-22-21-17-20-14-7-2-3-8-15(14)23(17)18/h2-9H,10H2,1H3,(H,19,25)(H,20,21). The highest BCUT2D eigenvalue weighted by Crippen LogP contribution is 2.23. The Kier molecular flexibility index (Phi) is 4.18. The quantitative estimate of drug-likeness (QED) is 0.419. The van der Waals surface area contributed by atoms with Crippen molar-refractivity contribution < 1.29 is 9.59 Å². The Morgan fingerprint density at radius 3 is 2.88 bits per heavy atom. The van der Waals surface area contributed by atoms with Crippen LogP contribution in [-0.2, 0) is 4.79 Å². The SMILES string of the molecule is CC(=O)c1cccc(NC(=O)CSc2n[nH]c3nc4ccccc4n23)c1. The number of imidazole rings is 1. The average molecular weight is 365 g/mol. The number of aromatic nitrogens is 4. The second kappa shape index (κ2) is 6.64. The molecule has 0 fully saturated rings. The highest BCUT2D eigenvalue weighted by molar-refractivity contribution is 7.99. The lowest BCUT2D eigenvalue weighted by Gasteiger charge is -2.05. The largest absolute Gasteiger partial charge is 0.325 e. The van der Waals surface area contributed by atoms with Crippen LogP contribution in [0.3, 0.4) is 0 Å². The van der Waals surface area contributed by atoms with Gasteiger partial charge in [-0.1, -0.05) is 36.0 Å². The summed E-state index contributed by atoms with van der Waals surface area (Å²) in [7, 11) is 0. The third-order valence-electron chi connectivity index (χ3n) is 3.89. The van der Waals surface area contributed by atoms with Gasteiger partial charge in [-0.2, -0.15) is 0 Å². The van der Waals surface area contributed by atoms with Crippen LogP contribution < -0.4 is 5.32 Å². The second-order valence-corrected chi connectivity index (χ2v) is 6.68. The summed E-state index contributed by atoms with van der Waals surface area (Å²) in [5, 5.41) is 10.6. The van der Waals surface area contributed by atoms with E-state index < -0.39 is 0 Å². The van der Waals surface area contributed by atoms with E-state index in [1.807, 2.05) is 28.7 Å². The molecule has 0 saturated heterocycles. The molecule has 0 atom stereocenters. The van der Waals surface area contributed by atoms with E-state index in [1.54, 1.807) is 24.3 Å². The number of benzene rings is 2. The number of thioether (sulfide) groups is 1. The normalized spacial score (nSPS) is 11.1. The van der Waals surface area contributed by atoms with Crippen LogP contribution in [0.4, 0.5) is 5.69 Å². The molecule has 2 heterocycles. The van der Waals surface area contributed by atoms with Crippen LogP contribution in [0.15, 0.2) is 53.7 Å². The van der Waals surface area contributed by atoms with E-state index in [2.05, 4.69) is 20.5 Å². The summed E-state index contributed by atoms with van der Waals surface area (Å²) in [5.41, 5.74) is 2.97. The average Bonchev–Trinajstić information content (AvgIpc) is 3.19. The minimum Gasteiger partial charge on any atom is -0.325 e. The summed E-state index contributed by atoms with van der Waals surface area (Å²) >= 11 is 1.32. The minimum atomic E-state index is -0.170. The van der Waals surface area contributed by atoms with Gasteiger partial charge in [0.15, 0.2) is 10.9 Å². The van der Waals surface area contributed by atoms with Gasteiger partial charge in [0.2, 0.25) is 11.7 Å². The second-order valence-electron chi connectivity index (χ2n) is 5.74. The van der Waals surface area contributed by atoms with E-state index >= 15 is 0 Å². The number of rotatable bonds is 5. The lowest BCUT2D eigenvalue weighted by atomic mass is 10.1. The number of H-pyrrole nitrogens is 1. The summed E-state index contributed by atoms with van der Waals surface area (Å²) in [6.07, 6.45) is 0. The molecule has 0 saturated carbocycles. The summed E-state index contributed by atoms with van der Waals surface area (Å²) in [5.74, 6) is 0.623. The van der Waals surface area contributed by atoms with Crippen LogP contribution in [-0.4, -0.2) is 37.0 Å². The van der Waals surface area contributed by atoms with E-state index in [1.165, 1.54) is 18.7 Å². The Hall–Kier alpha value is -3.13. The molecular weight excluding hydrogens is 350 g/mol. The fraction of sp³-hybridized carbons (Fsp3) is 0.111. The van der Waals surface area contributed by atoms with Crippen molar-refractivity contribution >= 4 is 46.0 Å². The number of nitrogens with zero attached hydrogens (tertiary/aromatic N) is 3. The number of nitrogens with one attached hydrogen (secondary N) is 2. The first-order valence-electron chi connectivity index (χ1n) is 7.97. The highest BCUT2D eigenvalue weighted by atomic mass is 32.2. The fourth-order valence-electron chi connectivity index (χ4n) is 2.68. The number of hydrogen-bond donors (Lipinski definition) is 2. The molecule has 7 nitrogen and oxygen atoms in total. The number of aromatic amines is 1. The lowest BCUT2D eigenvalue weighted by Crippen LogP contribution is -2.14. The molecule has 0 bridgehead atoms. The molecule has 2 N–H and O–H groups in total. The number of para-hydroxylation sites is 2. The van der Waals surface area contributed by atoms with Crippen molar-refractivity contribution in [3.05, 3.63) is 54.1 Å². The van der Waals surface area contributed by atoms with E-state index in [4.69, 9.17) is 0 Å². The molecule has 0 aliphatic heterocycles. The topological polar surface area (TPSA) is 92.1 Å². The zero-order valence-electron chi connectivity index (χ0n) is 13.9. The molecule has 4 rings (SSSR count). The predicted octanol–water partition coefficient (Wildman–Crippen LogP) is 3.14. The van der Waals surface area contributed by atoms with Gasteiger partial charge in [0, 0.05) is 11.3 Å². The molecule has 0 spiro atoms. The maximum absolute atomic E-state index is 12.2. The zero-order valence-corrected chi connectivity index (χ0v) is 14.7. The van der Waals surface area contributed by atoms with Gasteiger partial charge in [0.1, 0.15) is 0 Å². The van der Waals surface area contributed by atoms with Crippen molar-refractivity contribution in [3.8, 4) is 0 Å². The summed E-state index contributed by atoms with van der Waals surface area (Å²) in [6.45, 7) is 1.50. The van der Waals surface area contributed by atoms with Gasteiger partial charge in [-0.15, -0.1) is 5.10 Å². The molecule has 2 aromatic heterocycles. The van der Waals surface area contributed by atoms with Crippen LogP contribution in [0.25, 0.3) is 16.8 Å². The summed E-state index contributed by atoms with van der Waals surface area (Å²) in [4.78, 5) is 28.1. The van der Waals surface area contributed by atoms with Gasteiger partial charge in [-0.25, -0.2) is 10.1 Å². The Balaban J connectivity index is 1.49. The Labute approximate surface area is 152 Å². The molecule has 0 unspecified atom stereocenters. The number of carbonyl (C=O) groups is 2. The first-order chi connectivity index (χ1) is 12.6. The van der Waals surface area contributed by atoms with E-state index in [0.29, 0.717) is 22.2 Å². The molecule has 0 aliphatic carbocycles. The van der Waals surface area contributed by atoms with Crippen LogP contribution in [0.5, 0.6) is 0 Å². The summed E-state index contributed by atoms with van der Waals surface area (Å²) in [6, 6.07) is 14.6. The molecule has 26 heavy (non-hydrogen) atoms. The number of hydrogen-bond acceptors (Lipinski definition) is 5. The molecular formula is C18H15N5O2S. The van der Waals surface area contributed by atoms with E-state index in [-0.39, 0.29) is 17.4 Å². The van der Waals surface area contributed by atoms with Crippen molar-refractivity contribution in [1.29, 1.82) is 0 Å². The molecule has 130 valence electrons. The van der Waals surface area contributed by atoms with Crippen molar-refractivity contribution in [2.45, 2.75) is 12.1 Å². The first-order valence-corrected chi connectivity index (χ1v) is 8.95. The number of anilines is 1. The summed E-state index contributed by atoms with van der Waals surface area (Å²) < 4.78 is 1.89. The number of fused-ring (bicyclic) bond motifs is 3. The van der Waals surface area contributed by atoms with Crippen molar-refractivity contribution in [1.82, 2.24) is 19.6 Å². The van der Waals surface area contributed by atoms with Gasteiger partial charge < -0.3 is 5.32 Å². The molecule has 8 heteroatoms. The van der Waals surface area contributed by atoms with Crippen LogP contribution in [0.2, 0.25) is 0 Å². The molecule has 4 aromatic rings. The number of ketones is 1.